The topological polar surface area (TPSA) is 55.4 Å². The smallest absolute Gasteiger partial charge is 0.179 e. The van der Waals surface area contributed by atoms with E-state index in [2.05, 4.69) is 5.32 Å². The van der Waals surface area contributed by atoms with E-state index in [0.29, 0.717) is 17.2 Å². The number of hydrogen-bond donors (Lipinski definition) is 1. The highest BCUT2D eigenvalue weighted by atomic mass is 32.2. The zero-order valence-electron chi connectivity index (χ0n) is 11.8. The van der Waals surface area contributed by atoms with Gasteiger partial charge in [0.05, 0.1) is 16.3 Å². The molecule has 1 fully saturated rings. The van der Waals surface area contributed by atoms with Gasteiger partial charge in [0, 0.05) is 23.1 Å². The monoisotopic (exact) mass is 333 g/mol. The molecule has 0 aliphatic carbocycles. The summed E-state index contributed by atoms with van der Waals surface area (Å²) in [7, 11) is -3.21. The Kier molecular flexibility index (Phi) is 3.31. The predicted octanol–water partition coefficient (Wildman–Crippen LogP) is 3.29. The van der Waals surface area contributed by atoms with Gasteiger partial charge >= 0.3 is 0 Å². The third-order valence-electron chi connectivity index (χ3n) is 3.78. The molecule has 1 atom stereocenters. The van der Waals surface area contributed by atoms with Crippen LogP contribution in [0.1, 0.15) is 5.56 Å². The third kappa shape index (κ3) is 2.68. The molecule has 1 unspecified atom stereocenters. The van der Waals surface area contributed by atoms with E-state index in [1.165, 1.54) is 0 Å². The highest BCUT2D eigenvalue weighted by molar-refractivity contribution is 8.08. The van der Waals surface area contributed by atoms with E-state index in [4.69, 9.17) is 4.74 Å². The number of thioether (sulfide) groups is 1. The minimum absolute atomic E-state index is 0.227. The van der Waals surface area contributed by atoms with Gasteiger partial charge in [-0.1, -0.05) is 12.1 Å². The van der Waals surface area contributed by atoms with Gasteiger partial charge in [-0.05, 0) is 30.3 Å². The quantitative estimate of drug-likeness (QED) is 0.874. The highest BCUT2D eigenvalue weighted by Gasteiger charge is 2.30. The van der Waals surface area contributed by atoms with Crippen LogP contribution in [0.3, 0.4) is 0 Å². The van der Waals surface area contributed by atoms with E-state index in [0.717, 1.165) is 22.8 Å². The summed E-state index contributed by atoms with van der Waals surface area (Å²) < 4.78 is 30.7. The van der Waals surface area contributed by atoms with Crippen LogP contribution in [0.4, 0.5) is 5.69 Å². The van der Waals surface area contributed by atoms with Crippen molar-refractivity contribution in [2.45, 2.75) is 16.7 Å². The lowest BCUT2D eigenvalue weighted by molar-refractivity contribution is 0.483. The maximum atomic E-state index is 12.4. The van der Waals surface area contributed by atoms with Crippen molar-refractivity contribution in [3.63, 3.8) is 0 Å². The number of benzene rings is 2. The summed E-state index contributed by atoms with van der Waals surface area (Å²) in [5.74, 6) is 2.64. The lowest BCUT2D eigenvalue weighted by atomic mass is 10.2. The number of fused-ring (bicyclic) bond motifs is 2. The van der Waals surface area contributed by atoms with E-state index < -0.39 is 9.84 Å². The predicted molar refractivity (Wildman–Crippen MR) is 88.6 cm³/mol. The van der Waals surface area contributed by atoms with Crippen molar-refractivity contribution in [3.8, 4) is 11.5 Å². The Morgan fingerprint density at radius 3 is 2.82 bits per heavy atom. The van der Waals surface area contributed by atoms with Gasteiger partial charge < -0.3 is 10.1 Å². The van der Waals surface area contributed by atoms with Crippen LogP contribution in [0, 0.1) is 0 Å². The second kappa shape index (κ2) is 5.21. The van der Waals surface area contributed by atoms with E-state index in [-0.39, 0.29) is 11.0 Å². The number of para-hydroxylation sites is 2. The van der Waals surface area contributed by atoms with Crippen molar-refractivity contribution < 1.29 is 13.2 Å². The Morgan fingerprint density at radius 1 is 1.18 bits per heavy atom. The molecule has 6 heteroatoms. The van der Waals surface area contributed by atoms with Crippen molar-refractivity contribution in [1.82, 2.24) is 0 Å². The zero-order chi connectivity index (χ0) is 15.2. The van der Waals surface area contributed by atoms with E-state index >= 15 is 0 Å². The molecule has 4 rings (SSSR count). The first kappa shape index (κ1) is 14.0. The molecule has 114 valence electrons. The Balaban J connectivity index is 1.68. The van der Waals surface area contributed by atoms with Crippen LogP contribution < -0.4 is 10.1 Å². The normalized spacial score (nSPS) is 19.2. The molecule has 2 aromatic rings. The maximum Gasteiger partial charge on any atom is 0.179 e. The molecule has 0 aromatic heterocycles. The van der Waals surface area contributed by atoms with Gasteiger partial charge in [-0.25, -0.2) is 8.42 Å². The van der Waals surface area contributed by atoms with Gasteiger partial charge in [-0.3, -0.25) is 0 Å². The average Bonchev–Trinajstić information content (AvgIpc) is 3.31. The van der Waals surface area contributed by atoms with E-state index in [9.17, 15) is 8.42 Å². The molecule has 2 aliphatic heterocycles. The van der Waals surface area contributed by atoms with Crippen LogP contribution in [-0.4, -0.2) is 25.2 Å². The summed E-state index contributed by atoms with van der Waals surface area (Å²) in [4.78, 5) is 0.384. The molecule has 4 nitrogen and oxygen atoms in total. The summed E-state index contributed by atoms with van der Waals surface area (Å²) in [6.07, 6.45) is 0. The molecule has 22 heavy (non-hydrogen) atoms. The Morgan fingerprint density at radius 2 is 2.00 bits per heavy atom. The molecule has 0 bridgehead atoms. The Labute approximate surface area is 133 Å². The summed E-state index contributed by atoms with van der Waals surface area (Å²) in [5, 5.41) is 3.56. The van der Waals surface area contributed by atoms with E-state index in [1.807, 2.05) is 24.3 Å². The summed E-state index contributed by atoms with van der Waals surface area (Å²) in [5.41, 5.74) is 1.78. The average molecular weight is 333 g/mol. The fourth-order valence-corrected chi connectivity index (χ4v) is 5.23. The number of sulfone groups is 1. The first-order valence-electron chi connectivity index (χ1n) is 7.10. The van der Waals surface area contributed by atoms with Gasteiger partial charge in [0.15, 0.2) is 15.6 Å². The molecule has 2 aliphatic rings. The van der Waals surface area contributed by atoms with Crippen molar-refractivity contribution in [3.05, 3.63) is 48.0 Å². The molecule has 2 aromatic carbocycles. The summed E-state index contributed by atoms with van der Waals surface area (Å²) in [6, 6.07) is 12.8. The van der Waals surface area contributed by atoms with Crippen LogP contribution >= 0.6 is 11.8 Å². The lowest BCUT2D eigenvalue weighted by Crippen LogP contribution is -2.11. The minimum atomic E-state index is -3.21. The third-order valence-corrected chi connectivity index (χ3v) is 6.77. The zero-order valence-corrected chi connectivity index (χ0v) is 13.4. The molecule has 0 radical (unpaired) electrons. The largest absolute Gasteiger partial charge is 0.455 e. The fraction of sp³-hybridized carbons (Fsp3) is 0.250. The van der Waals surface area contributed by atoms with Gasteiger partial charge in [-0.2, -0.15) is 11.8 Å². The SMILES string of the molecule is O=S(=O)(CC1CS1)c1ccc2c(c1)CNc1ccccc1O2. The lowest BCUT2D eigenvalue weighted by Gasteiger charge is -2.09. The van der Waals surface area contributed by atoms with Crippen molar-refractivity contribution in [2.75, 3.05) is 16.8 Å². The molecule has 2 heterocycles. The second-order valence-corrected chi connectivity index (χ2v) is 8.83. The van der Waals surface area contributed by atoms with Crippen LogP contribution in [0.5, 0.6) is 11.5 Å². The summed E-state index contributed by atoms with van der Waals surface area (Å²) >= 11 is 1.70. The molecule has 1 N–H and O–H groups in total. The molecule has 0 amide bonds. The van der Waals surface area contributed by atoms with Gasteiger partial charge in [-0.15, -0.1) is 0 Å². The van der Waals surface area contributed by atoms with Crippen LogP contribution in [0.2, 0.25) is 0 Å². The highest BCUT2D eigenvalue weighted by Crippen LogP contribution is 2.37. The first-order valence-corrected chi connectivity index (χ1v) is 9.80. The summed E-state index contributed by atoms with van der Waals surface area (Å²) in [6.45, 7) is 0.549. The van der Waals surface area contributed by atoms with E-state index in [1.54, 1.807) is 30.0 Å². The van der Waals surface area contributed by atoms with Gasteiger partial charge in [0.1, 0.15) is 5.75 Å². The van der Waals surface area contributed by atoms with Crippen molar-refractivity contribution in [1.29, 1.82) is 0 Å². The van der Waals surface area contributed by atoms with Crippen molar-refractivity contribution in [2.24, 2.45) is 0 Å². The molecular weight excluding hydrogens is 318 g/mol. The number of hydrogen-bond acceptors (Lipinski definition) is 5. The number of rotatable bonds is 3. The standard InChI is InChI=1S/C16H15NO3S2/c18-22(19,10-12-9-21-12)13-5-6-15-11(7-13)8-17-14-3-1-2-4-16(14)20-15/h1-7,12,17H,8-10H2. The molecular formula is C16H15NO3S2. The first-order chi connectivity index (χ1) is 10.6. The molecule has 1 saturated heterocycles. The van der Waals surface area contributed by atoms with Crippen molar-refractivity contribution >= 4 is 27.3 Å². The molecule has 0 saturated carbocycles. The van der Waals surface area contributed by atoms with Crippen LogP contribution in [0.25, 0.3) is 0 Å². The van der Waals surface area contributed by atoms with Crippen LogP contribution in [-0.2, 0) is 16.4 Å². The number of nitrogens with one attached hydrogen (secondary N) is 1. The second-order valence-electron chi connectivity index (χ2n) is 5.46. The number of ether oxygens (including phenoxy) is 1. The van der Waals surface area contributed by atoms with Crippen LogP contribution in [0.15, 0.2) is 47.4 Å². The Bertz CT molecular complexity index is 829. The maximum absolute atomic E-state index is 12.4. The fourth-order valence-electron chi connectivity index (χ4n) is 2.50. The number of anilines is 1. The minimum Gasteiger partial charge on any atom is -0.455 e. The molecule has 0 spiro atoms. The van der Waals surface area contributed by atoms with Gasteiger partial charge in [0.25, 0.3) is 0 Å². The van der Waals surface area contributed by atoms with Gasteiger partial charge in [0.2, 0.25) is 0 Å². The Hall–Kier alpha value is -1.66.